The Bertz CT molecular complexity index is 601. The smallest absolute Gasteiger partial charge is 0.257 e. The molecule has 1 fully saturated rings. The summed E-state index contributed by atoms with van der Waals surface area (Å²) in [7, 11) is 0. The predicted molar refractivity (Wildman–Crippen MR) is 73.1 cm³/mol. The zero-order chi connectivity index (χ0) is 12.7. The van der Waals surface area contributed by atoms with Gasteiger partial charge in [0.2, 0.25) is 0 Å². The Labute approximate surface area is 112 Å². The number of rotatable bonds is 2. The minimum atomic E-state index is 0.525. The summed E-state index contributed by atoms with van der Waals surface area (Å²) < 4.78 is 5.42. The first kappa shape index (κ1) is 11.0. The number of anilines is 1. The molecular formula is C15H17N3O. The van der Waals surface area contributed by atoms with Gasteiger partial charge in [0.1, 0.15) is 0 Å². The second kappa shape index (κ2) is 4.37. The molecular weight excluding hydrogens is 238 g/mol. The van der Waals surface area contributed by atoms with Crippen molar-refractivity contribution in [1.29, 1.82) is 0 Å². The molecule has 19 heavy (non-hydrogen) atoms. The standard InChI is InChI=1S/C15H17N3O/c1-3-10(4-1)14-17-15(19-18-14)12-6-7-13-11(9-12)5-2-8-16-13/h6-7,9-10,16H,1-5,8H2. The molecule has 1 saturated carbocycles. The molecule has 98 valence electrons. The van der Waals surface area contributed by atoms with Gasteiger partial charge in [0.05, 0.1) is 0 Å². The van der Waals surface area contributed by atoms with E-state index in [2.05, 4.69) is 33.7 Å². The van der Waals surface area contributed by atoms with Gasteiger partial charge in [0.15, 0.2) is 5.82 Å². The van der Waals surface area contributed by atoms with E-state index in [-0.39, 0.29) is 0 Å². The topological polar surface area (TPSA) is 51.0 Å². The van der Waals surface area contributed by atoms with Gasteiger partial charge < -0.3 is 9.84 Å². The first-order valence-corrected chi connectivity index (χ1v) is 7.11. The number of nitrogens with zero attached hydrogens (tertiary/aromatic N) is 2. The lowest BCUT2D eigenvalue weighted by molar-refractivity contribution is 0.366. The van der Waals surface area contributed by atoms with Gasteiger partial charge in [-0.15, -0.1) is 0 Å². The number of aromatic nitrogens is 2. The Balaban J connectivity index is 1.65. The average Bonchev–Trinajstić information content (AvgIpc) is 2.85. The van der Waals surface area contributed by atoms with E-state index in [9.17, 15) is 0 Å². The highest BCUT2D eigenvalue weighted by Gasteiger charge is 2.25. The Morgan fingerprint density at radius 2 is 2.16 bits per heavy atom. The summed E-state index contributed by atoms with van der Waals surface area (Å²) in [6.07, 6.45) is 6.01. The lowest BCUT2D eigenvalue weighted by Gasteiger charge is -2.21. The third-order valence-electron chi connectivity index (χ3n) is 4.20. The molecule has 4 heteroatoms. The van der Waals surface area contributed by atoms with Crippen LogP contribution in [0.5, 0.6) is 0 Å². The van der Waals surface area contributed by atoms with Crippen LogP contribution >= 0.6 is 0 Å². The molecule has 0 saturated heterocycles. The highest BCUT2D eigenvalue weighted by Crippen LogP contribution is 2.35. The van der Waals surface area contributed by atoms with Gasteiger partial charge in [0, 0.05) is 23.7 Å². The van der Waals surface area contributed by atoms with Crippen LogP contribution in [0.1, 0.15) is 43.0 Å². The zero-order valence-corrected chi connectivity index (χ0v) is 10.9. The highest BCUT2D eigenvalue weighted by molar-refractivity contribution is 5.63. The second-order valence-corrected chi connectivity index (χ2v) is 5.49. The molecule has 1 aliphatic carbocycles. The van der Waals surface area contributed by atoms with Gasteiger partial charge in [-0.3, -0.25) is 0 Å². The van der Waals surface area contributed by atoms with Gasteiger partial charge in [0.25, 0.3) is 5.89 Å². The van der Waals surface area contributed by atoms with E-state index in [0.717, 1.165) is 24.4 Å². The summed E-state index contributed by atoms with van der Waals surface area (Å²) in [6, 6.07) is 6.37. The van der Waals surface area contributed by atoms with E-state index in [4.69, 9.17) is 4.52 Å². The fourth-order valence-corrected chi connectivity index (χ4v) is 2.79. The van der Waals surface area contributed by atoms with Crippen LogP contribution in [-0.4, -0.2) is 16.7 Å². The third kappa shape index (κ3) is 1.91. The van der Waals surface area contributed by atoms with E-state index in [1.54, 1.807) is 0 Å². The lowest BCUT2D eigenvalue weighted by atomic mass is 9.85. The van der Waals surface area contributed by atoms with Gasteiger partial charge >= 0.3 is 0 Å². The maximum Gasteiger partial charge on any atom is 0.257 e. The number of nitrogens with one attached hydrogen (secondary N) is 1. The van der Waals surface area contributed by atoms with Crippen LogP contribution in [0, 0.1) is 0 Å². The van der Waals surface area contributed by atoms with Crippen molar-refractivity contribution in [2.75, 3.05) is 11.9 Å². The van der Waals surface area contributed by atoms with E-state index in [1.807, 2.05) is 0 Å². The number of benzene rings is 1. The summed E-state index contributed by atoms with van der Waals surface area (Å²) in [4.78, 5) is 4.55. The Morgan fingerprint density at radius 3 is 3.00 bits per heavy atom. The molecule has 1 aliphatic heterocycles. The fraction of sp³-hybridized carbons (Fsp3) is 0.467. The molecule has 2 aliphatic rings. The van der Waals surface area contributed by atoms with Crippen LogP contribution < -0.4 is 5.32 Å². The monoisotopic (exact) mass is 255 g/mol. The van der Waals surface area contributed by atoms with E-state index >= 15 is 0 Å². The van der Waals surface area contributed by atoms with Crippen molar-refractivity contribution in [2.45, 2.75) is 38.0 Å². The number of hydrogen-bond acceptors (Lipinski definition) is 4. The maximum absolute atomic E-state index is 5.42. The van der Waals surface area contributed by atoms with Crippen molar-refractivity contribution in [2.24, 2.45) is 0 Å². The minimum Gasteiger partial charge on any atom is -0.385 e. The molecule has 4 nitrogen and oxygen atoms in total. The van der Waals surface area contributed by atoms with Gasteiger partial charge in [-0.05, 0) is 49.4 Å². The molecule has 0 spiro atoms. The SMILES string of the molecule is c1cc2c(cc1-c1nc(C3CCC3)no1)CCCN2. The molecule has 0 unspecified atom stereocenters. The van der Waals surface area contributed by atoms with Crippen molar-refractivity contribution >= 4 is 5.69 Å². The van der Waals surface area contributed by atoms with Crippen molar-refractivity contribution in [3.05, 3.63) is 29.6 Å². The summed E-state index contributed by atoms with van der Waals surface area (Å²) in [5.41, 5.74) is 3.64. The molecule has 1 N–H and O–H groups in total. The van der Waals surface area contributed by atoms with Crippen LogP contribution in [0.3, 0.4) is 0 Å². The molecule has 4 rings (SSSR count). The van der Waals surface area contributed by atoms with E-state index < -0.39 is 0 Å². The molecule has 1 aromatic carbocycles. The van der Waals surface area contributed by atoms with Crippen molar-refractivity contribution < 1.29 is 4.52 Å². The molecule has 1 aromatic heterocycles. The lowest BCUT2D eigenvalue weighted by Crippen LogP contribution is -2.11. The van der Waals surface area contributed by atoms with E-state index in [1.165, 1.54) is 36.9 Å². The van der Waals surface area contributed by atoms with Gasteiger partial charge in [-0.2, -0.15) is 4.98 Å². The molecule has 0 bridgehead atoms. The summed E-state index contributed by atoms with van der Waals surface area (Å²) >= 11 is 0. The van der Waals surface area contributed by atoms with Crippen LogP contribution in [0.15, 0.2) is 22.7 Å². The predicted octanol–water partition coefficient (Wildman–Crippen LogP) is 3.36. The van der Waals surface area contributed by atoms with Gasteiger partial charge in [-0.1, -0.05) is 11.6 Å². The quantitative estimate of drug-likeness (QED) is 0.894. The molecule has 2 aromatic rings. The first-order valence-electron chi connectivity index (χ1n) is 7.11. The van der Waals surface area contributed by atoms with Gasteiger partial charge in [-0.25, -0.2) is 0 Å². The van der Waals surface area contributed by atoms with Crippen LogP contribution in [0.25, 0.3) is 11.5 Å². The largest absolute Gasteiger partial charge is 0.385 e. The van der Waals surface area contributed by atoms with Crippen molar-refractivity contribution in [1.82, 2.24) is 10.1 Å². The summed E-state index contributed by atoms with van der Waals surface area (Å²) in [5, 5.41) is 7.54. The second-order valence-electron chi connectivity index (χ2n) is 5.49. The molecule has 0 amide bonds. The third-order valence-corrected chi connectivity index (χ3v) is 4.20. The number of hydrogen-bond donors (Lipinski definition) is 1. The highest BCUT2D eigenvalue weighted by atomic mass is 16.5. The van der Waals surface area contributed by atoms with Crippen LogP contribution in [0.2, 0.25) is 0 Å². The normalized spacial score (nSPS) is 18.5. The Morgan fingerprint density at radius 1 is 1.21 bits per heavy atom. The van der Waals surface area contributed by atoms with Crippen LogP contribution in [-0.2, 0) is 6.42 Å². The molecule has 0 radical (unpaired) electrons. The van der Waals surface area contributed by atoms with E-state index in [0.29, 0.717) is 11.8 Å². The fourth-order valence-electron chi connectivity index (χ4n) is 2.79. The number of aryl methyl sites for hydroxylation is 1. The number of fused-ring (bicyclic) bond motifs is 1. The Hall–Kier alpha value is -1.84. The van der Waals surface area contributed by atoms with Crippen molar-refractivity contribution in [3.63, 3.8) is 0 Å². The molecule has 0 atom stereocenters. The first-order chi connectivity index (χ1) is 9.40. The minimum absolute atomic E-state index is 0.525. The Kier molecular flexibility index (Phi) is 2.53. The van der Waals surface area contributed by atoms with Crippen LogP contribution in [0.4, 0.5) is 5.69 Å². The van der Waals surface area contributed by atoms with Crippen molar-refractivity contribution in [3.8, 4) is 11.5 Å². The summed E-state index contributed by atoms with van der Waals surface area (Å²) in [5.74, 6) is 2.07. The summed E-state index contributed by atoms with van der Waals surface area (Å²) in [6.45, 7) is 1.07. The zero-order valence-electron chi connectivity index (χ0n) is 10.9. The average molecular weight is 255 g/mol. The molecule has 2 heterocycles. The maximum atomic E-state index is 5.42.